The molecule has 0 heterocycles. The number of quaternary nitrogens is 1. The first-order valence-electron chi connectivity index (χ1n) is 8.91. The average Bonchev–Trinajstić information content (AvgIpc) is 2.76. The Balaban J connectivity index is 1.77. The van der Waals surface area contributed by atoms with Gasteiger partial charge in [-0.2, -0.15) is 0 Å². The molecule has 0 unspecified atom stereocenters. The lowest BCUT2D eigenvalue weighted by atomic mass is 9.47. The minimum Gasteiger partial charge on any atom is -0.352 e. The molecule has 3 fully saturated rings. The van der Waals surface area contributed by atoms with Crippen molar-refractivity contribution in [2.24, 2.45) is 22.7 Å². The molecule has 4 aliphatic carbocycles. The molecule has 3 saturated carbocycles. The second-order valence-corrected chi connectivity index (χ2v) is 8.82. The lowest BCUT2D eigenvalue weighted by Gasteiger charge is -2.57. The third-order valence-electron chi connectivity index (χ3n) is 7.95. The van der Waals surface area contributed by atoms with E-state index in [0.29, 0.717) is 36.2 Å². The molecular weight excluding hydrogens is 274 g/mol. The maximum Gasteiger partial charge on any atom is 0.139 e. The van der Waals surface area contributed by atoms with Gasteiger partial charge in [0.05, 0.1) is 6.42 Å². The Bertz CT molecular complexity index is 594. The number of carbonyl (C=O) groups excluding carboxylic acids is 2. The van der Waals surface area contributed by atoms with Crippen LogP contribution in [-0.2, 0) is 9.59 Å². The highest BCUT2D eigenvalue weighted by Gasteiger charge is 2.62. The van der Waals surface area contributed by atoms with Crippen molar-refractivity contribution in [3.63, 3.8) is 0 Å². The summed E-state index contributed by atoms with van der Waals surface area (Å²) in [6.45, 7) is 4.54. The maximum absolute atomic E-state index is 12.4. The van der Waals surface area contributed by atoms with Crippen LogP contribution in [0.3, 0.4) is 0 Å². The monoisotopic (exact) mass is 302 g/mol. The standard InChI is InChI=1S/C19H27NO2/c1-17-8-7-15-13(14(17)3-4-16(17)22)6-10-19(20)11-12(21)5-9-18(15,19)2/h7,13-14H,3-6,8-11,20H2,1-2H3/p+1/t13-,14+,17+,18+,19+/m0/s1. The van der Waals surface area contributed by atoms with Crippen molar-refractivity contribution in [1.29, 1.82) is 0 Å². The molecule has 3 heteroatoms. The predicted octanol–water partition coefficient (Wildman–Crippen LogP) is 2.45. The number of Topliss-reactive ketones (excluding diaryl/α,β-unsaturated/α-hetero) is 2. The first-order chi connectivity index (χ1) is 10.3. The number of hydrogen-bond acceptors (Lipinski definition) is 2. The van der Waals surface area contributed by atoms with Crippen molar-refractivity contribution in [1.82, 2.24) is 0 Å². The largest absolute Gasteiger partial charge is 0.352 e. The minimum absolute atomic E-state index is 0.0663. The fourth-order valence-corrected chi connectivity index (χ4v) is 6.25. The topological polar surface area (TPSA) is 61.8 Å². The van der Waals surface area contributed by atoms with E-state index in [9.17, 15) is 9.59 Å². The zero-order chi connectivity index (χ0) is 15.8. The van der Waals surface area contributed by atoms with Crippen LogP contribution in [0.2, 0.25) is 0 Å². The third kappa shape index (κ3) is 1.61. The molecule has 0 bridgehead atoms. The summed E-state index contributed by atoms with van der Waals surface area (Å²) >= 11 is 0. The summed E-state index contributed by atoms with van der Waals surface area (Å²) in [6, 6.07) is 0. The molecule has 3 N–H and O–H groups in total. The Morgan fingerprint density at radius 3 is 2.68 bits per heavy atom. The molecule has 0 saturated heterocycles. The summed E-state index contributed by atoms with van der Waals surface area (Å²) in [5.41, 5.74) is 5.95. The fraction of sp³-hybridized carbons (Fsp3) is 0.789. The highest BCUT2D eigenvalue weighted by Crippen LogP contribution is 2.63. The summed E-state index contributed by atoms with van der Waals surface area (Å²) < 4.78 is 0. The van der Waals surface area contributed by atoms with Crippen LogP contribution in [0.5, 0.6) is 0 Å². The number of ketones is 2. The van der Waals surface area contributed by atoms with Gasteiger partial charge < -0.3 is 5.73 Å². The maximum atomic E-state index is 12.4. The normalized spacial score (nSPS) is 51.0. The molecule has 0 aromatic rings. The van der Waals surface area contributed by atoms with Gasteiger partial charge in [0.25, 0.3) is 0 Å². The minimum atomic E-state index is -0.115. The molecule has 0 radical (unpaired) electrons. The molecule has 0 aliphatic heterocycles. The van der Waals surface area contributed by atoms with E-state index in [1.807, 2.05) is 0 Å². The van der Waals surface area contributed by atoms with Gasteiger partial charge in [-0.15, -0.1) is 0 Å². The summed E-state index contributed by atoms with van der Waals surface area (Å²) in [6.07, 6.45) is 9.59. The summed E-state index contributed by atoms with van der Waals surface area (Å²) in [5.74, 6) is 1.95. The van der Waals surface area contributed by atoms with Gasteiger partial charge in [0.15, 0.2) is 0 Å². The number of rotatable bonds is 0. The molecule has 120 valence electrons. The van der Waals surface area contributed by atoms with Crippen molar-refractivity contribution in [3.8, 4) is 0 Å². The van der Waals surface area contributed by atoms with E-state index >= 15 is 0 Å². The van der Waals surface area contributed by atoms with Crippen molar-refractivity contribution < 1.29 is 15.3 Å². The van der Waals surface area contributed by atoms with Gasteiger partial charge >= 0.3 is 0 Å². The SMILES string of the molecule is C[C@@]12CC=C3[C@@H](CC[C@@]4([NH3+])CC(=O)CC[C@]34C)[C@H]1CCC2=O. The lowest BCUT2D eigenvalue weighted by Crippen LogP contribution is -2.82. The van der Waals surface area contributed by atoms with E-state index in [4.69, 9.17) is 0 Å². The van der Waals surface area contributed by atoms with Gasteiger partial charge in [-0.1, -0.05) is 18.6 Å². The van der Waals surface area contributed by atoms with Crippen LogP contribution in [-0.4, -0.2) is 17.1 Å². The summed E-state index contributed by atoms with van der Waals surface area (Å²) in [7, 11) is 0. The zero-order valence-corrected chi connectivity index (χ0v) is 13.9. The molecule has 4 rings (SSSR count). The average molecular weight is 302 g/mol. The number of hydrogen-bond donors (Lipinski definition) is 1. The third-order valence-corrected chi connectivity index (χ3v) is 7.95. The van der Waals surface area contributed by atoms with E-state index in [-0.39, 0.29) is 16.4 Å². The van der Waals surface area contributed by atoms with Gasteiger partial charge in [0, 0.05) is 30.1 Å². The second kappa shape index (κ2) is 4.31. The first-order valence-corrected chi connectivity index (χ1v) is 8.91. The van der Waals surface area contributed by atoms with Crippen LogP contribution in [0.25, 0.3) is 0 Å². The molecule has 0 amide bonds. The molecule has 4 aliphatic rings. The molecule has 0 aromatic heterocycles. The van der Waals surface area contributed by atoms with Crippen LogP contribution >= 0.6 is 0 Å². The van der Waals surface area contributed by atoms with E-state index in [1.165, 1.54) is 0 Å². The molecular formula is C19H28NO2+. The quantitative estimate of drug-likeness (QED) is 0.699. The summed E-state index contributed by atoms with van der Waals surface area (Å²) in [5, 5.41) is 0. The summed E-state index contributed by atoms with van der Waals surface area (Å²) in [4.78, 5) is 24.4. The number of fused-ring (bicyclic) bond motifs is 5. The van der Waals surface area contributed by atoms with E-state index in [0.717, 1.165) is 38.5 Å². The van der Waals surface area contributed by atoms with E-state index < -0.39 is 0 Å². The number of carbonyl (C=O) groups is 2. The van der Waals surface area contributed by atoms with Crippen molar-refractivity contribution >= 4 is 11.6 Å². The molecule has 3 nitrogen and oxygen atoms in total. The van der Waals surface area contributed by atoms with E-state index in [1.54, 1.807) is 5.57 Å². The molecule has 22 heavy (non-hydrogen) atoms. The Morgan fingerprint density at radius 1 is 1.14 bits per heavy atom. The van der Waals surface area contributed by atoms with Crippen LogP contribution < -0.4 is 5.73 Å². The van der Waals surface area contributed by atoms with Gasteiger partial charge in [-0.05, 0) is 44.4 Å². The Morgan fingerprint density at radius 2 is 1.91 bits per heavy atom. The van der Waals surface area contributed by atoms with Crippen molar-refractivity contribution in [3.05, 3.63) is 11.6 Å². The smallest absolute Gasteiger partial charge is 0.139 e. The second-order valence-electron chi connectivity index (χ2n) is 8.82. The Labute approximate surface area is 132 Å². The highest BCUT2D eigenvalue weighted by molar-refractivity contribution is 5.87. The van der Waals surface area contributed by atoms with Gasteiger partial charge in [0.1, 0.15) is 17.1 Å². The Kier molecular flexibility index (Phi) is 2.87. The predicted molar refractivity (Wildman–Crippen MR) is 83.8 cm³/mol. The lowest BCUT2D eigenvalue weighted by molar-refractivity contribution is -0.510. The number of allylic oxidation sites excluding steroid dienone is 1. The van der Waals surface area contributed by atoms with Crippen LogP contribution in [0, 0.1) is 22.7 Å². The Hall–Kier alpha value is -0.960. The molecule has 0 spiro atoms. The van der Waals surface area contributed by atoms with E-state index in [2.05, 4.69) is 25.7 Å². The van der Waals surface area contributed by atoms with Crippen LogP contribution in [0.4, 0.5) is 0 Å². The van der Waals surface area contributed by atoms with Crippen LogP contribution in [0.1, 0.15) is 65.2 Å². The van der Waals surface area contributed by atoms with Gasteiger partial charge in [0.2, 0.25) is 0 Å². The zero-order valence-electron chi connectivity index (χ0n) is 13.9. The highest BCUT2D eigenvalue weighted by atomic mass is 16.1. The van der Waals surface area contributed by atoms with Gasteiger partial charge in [-0.3, -0.25) is 9.59 Å². The van der Waals surface area contributed by atoms with Crippen LogP contribution in [0.15, 0.2) is 11.6 Å². The first kappa shape index (κ1) is 14.6. The molecule has 5 atom stereocenters. The fourth-order valence-electron chi connectivity index (χ4n) is 6.25. The van der Waals surface area contributed by atoms with Crippen molar-refractivity contribution in [2.75, 3.05) is 0 Å². The molecule has 0 aromatic carbocycles. The van der Waals surface area contributed by atoms with Gasteiger partial charge in [-0.25, -0.2) is 0 Å². The van der Waals surface area contributed by atoms with Crippen molar-refractivity contribution in [2.45, 2.75) is 70.8 Å².